The Morgan fingerprint density at radius 1 is 1.21 bits per heavy atom. The monoisotopic (exact) mass is 461 g/mol. The Balaban J connectivity index is 1.51. The zero-order chi connectivity index (χ0) is 24.3. The fraction of sp³-hybridized carbons (Fsp3) is 0.333. The molecule has 0 aliphatic heterocycles. The smallest absolute Gasteiger partial charge is 0.369 e. The van der Waals surface area contributed by atoms with Crippen LogP contribution in [0.3, 0.4) is 0 Å². The van der Waals surface area contributed by atoms with Gasteiger partial charge < -0.3 is 15.7 Å². The van der Waals surface area contributed by atoms with Crippen LogP contribution in [0.4, 0.5) is 5.95 Å². The molecule has 10 nitrogen and oxygen atoms in total. The molecule has 3 aromatic rings. The van der Waals surface area contributed by atoms with Crippen molar-refractivity contribution in [3.8, 4) is 11.1 Å². The Morgan fingerprint density at radius 2 is 1.88 bits per heavy atom. The number of aliphatic imine (C=N–C) groups is 1. The van der Waals surface area contributed by atoms with Crippen LogP contribution in [-0.2, 0) is 16.8 Å². The molecule has 0 atom stereocenters. The summed E-state index contributed by atoms with van der Waals surface area (Å²) in [5, 5.41) is 21.3. The van der Waals surface area contributed by atoms with Crippen molar-refractivity contribution in [1.29, 1.82) is 5.41 Å². The topological polar surface area (TPSA) is 149 Å². The van der Waals surface area contributed by atoms with Crippen LogP contribution in [-0.4, -0.2) is 61.0 Å². The maximum atomic E-state index is 12.1. The summed E-state index contributed by atoms with van der Waals surface area (Å²) >= 11 is 0. The molecule has 1 aliphatic carbocycles. The van der Waals surface area contributed by atoms with Crippen LogP contribution in [0, 0.1) is 5.41 Å². The zero-order valence-electron chi connectivity index (χ0n) is 19.3. The number of rotatable bonds is 7. The van der Waals surface area contributed by atoms with Crippen molar-refractivity contribution in [2.45, 2.75) is 38.1 Å². The van der Waals surface area contributed by atoms with Gasteiger partial charge in [-0.15, -0.1) is 4.99 Å². The quantitative estimate of drug-likeness (QED) is 0.313. The molecular weight excluding hydrogens is 432 g/mol. The Bertz CT molecular complexity index is 1210. The molecule has 1 amide bonds. The number of hydrogen-bond donors (Lipinski definition) is 2. The van der Waals surface area contributed by atoms with E-state index in [0.29, 0.717) is 12.1 Å². The van der Waals surface area contributed by atoms with Crippen LogP contribution < -0.4 is 5.73 Å². The van der Waals surface area contributed by atoms with Crippen LogP contribution in [0.25, 0.3) is 11.1 Å². The molecule has 34 heavy (non-hydrogen) atoms. The summed E-state index contributed by atoms with van der Waals surface area (Å²) in [6.45, 7) is 2.62. The van der Waals surface area contributed by atoms with Gasteiger partial charge in [0, 0.05) is 37.7 Å². The third-order valence-electron chi connectivity index (χ3n) is 6.43. The van der Waals surface area contributed by atoms with E-state index < -0.39 is 5.41 Å². The Labute approximate surface area is 197 Å². The number of carbonyl (C=O) groups excluding carboxylic acids is 1. The van der Waals surface area contributed by atoms with Crippen molar-refractivity contribution >= 4 is 23.6 Å². The number of amidine groups is 1. The van der Waals surface area contributed by atoms with Crippen LogP contribution >= 0.6 is 0 Å². The number of nitrogens with zero attached hydrogens (tertiary/aromatic N) is 6. The van der Waals surface area contributed by atoms with E-state index in [1.807, 2.05) is 31.2 Å². The van der Waals surface area contributed by atoms with E-state index in [2.05, 4.69) is 20.1 Å². The molecule has 1 fully saturated rings. The lowest BCUT2D eigenvalue weighted by Crippen LogP contribution is -2.41. The van der Waals surface area contributed by atoms with Gasteiger partial charge in [-0.1, -0.05) is 30.7 Å². The number of nitrogen functional groups attached to an aromatic ring is 1. The summed E-state index contributed by atoms with van der Waals surface area (Å²) in [6, 6.07) is 7.98. The molecule has 176 valence electrons. The van der Waals surface area contributed by atoms with E-state index in [9.17, 15) is 4.79 Å². The highest BCUT2D eigenvalue weighted by Crippen LogP contribution is 2.45. The van der Waals surface area contributed by atoms with Gasteiger partial charge in [0.25, 0.3) is 0 Å². The number of amides is 1. The Morgan fingerprint density at radius 3 is 2.47 bits per heavy atom. The number of anilines is 1. The van der Waals surface area contributed by atoms with Gasteiger partial charge in [-0.3, -0.25) is 14.9 Å². The first kappa shape index (κ1) is 23.1. The number of nitrogens with one attached hydrogen (secondary N) is 1. The zero-order valence-corrected chi connectivity index (χ0v) is 19.3. The summed E-state index contributed by atoms with van der Waals surface area (Å²) in [5.41, 5.74) is 8.38. The molecule has 0 unspecified atom stereocenters. The van der Waals surface area contributed by atoms with Gasteiger partial charge in [0.15, 0.2) is 0 Å². The first-order chi connectivity index (χ1) is 16.3. The van der Waals surface area contributed by atoms with Gasteiger partial charge in [0.2, 0.25) is 11.9 Å². The minimum atomic E-state index is -0.502. The van der Waals surface area contributed by atoms with E-state index in [-0.39, 0.29) is 30.1 Å². The fourth-order valence-corrected chi connectivity index (χ4v) is 3.95. The van der Waals surface area contributed by atoms with Crippen molar-refractivity contribution in [1.82, 2.24) is 24.6 Å². The van der Waals surface area contributed by atoms with Gasteiger partial charge >= 0.3 is 5.90 Å². The van der Waals surface area contributed by atoms with Gasteiger partial charge in [-0.25, -0.2) is 9.97 Å². The van der Waals surface area contributed by atoms with Gasteiger partial charge in [0.1, 0.15) is 17.9 Å². The first-order valence-electron chi connectivity index (χ1n) is 11.2. The maximum absolute atomic E-state index is 12.1. The van der Waals surface area contributed by atoms with Crippen molar-refractivity contribution in [2.75, 3.05) is 19.3 Å². The average molecular weight is 462 g/mol. The lowest BCUT2D eigenvalue weighted by molar-refractivity contribution is -0.130. The third-order valence-corrected chi connectivity index (χ3v) is 6.43. The fourth-order valence-electron chi connectivity index (χ4n) is 3.95. The minimum absolute atomic E-state index is 0.0329. The van der Waals surface area contributed by atoms with E-state index >= 15 is 0 Å². The summed E-state index contributed by atoms with van der Waals surface area (Å²) in [5.74, 6) is 0.309. The van der Waals surface area contributed by atoms with Crippen molar-refractivity contribution < 1.29 is 9.90 Å². The normalized spacial score (nSPS) is 14.9. The number of carbonyl (C=O) groups is 1. The largest absolute Gasteiger partial charge is 0.578 e. The second-order valence-electron chi connectivity index (χ2n) is 8.49. The molecule has 10 heteroatoms. The van der Waals surface area contributed by atoms with Gasteiger partial charge in [-0.05, 0) is 30.9 Å². The van der Waals surface area contributed by atoms with Crippen LogP contribution in [0.1, 0.15) is 37.3 Å². The molecule has 4 rings (SSSR count). The van der Waals surface area contributed by atoms with E-state index in [0.717, 1.165) is 36.0 Å². The molecule has 0 bridgehead atoms. The summed E-state index contributed by atoms with van der Waals surface area (Å²) in [6.07, 6.45) is 9.12. The minimum Gasteiger partial charge on any atom is -0.578 e. The highest BCUT2D eigenvalue weighted by Gasteiger charge is 2.43. The standard InChI is InChI=1S/C24H28N8O2/c1-3-31(2)20(33)15-32-14-18(13-29-32)21(34)30-22(25)24(9-4-10-24)19-7-5-16(6-8-19)17-11-27-23(26)28-12-17/h5-8,11-14H,3-4,9-10,15H2,1-2H3,(H2,25,30,34)(H2,26,27,28)/p+1. The molecule has 0 radical (unpaired) electrons. The summed E-state index contributed by atoms with van der Waals surface area (Å²) in [4.78, 5) is 26.1. The van der Waals surface area contributed by atoms with Crippen LogP contribution in [0.2, 0.25) is 0 Å². The average Bonchev–Trinajstić information content (AvgIpc) is 3.27. The van der Waals surface area contributed by atoms with Crippen molar-refractivity contribution in [3.63, 3.8) is 0 Å². The highest BCUT2D eigenvalue weighted by atomic mass is 16.3. The SMILES string of the molecule is CCN(C)C(=O)Cn1cc(C([OH2+])=NC(=N)C2(c3ccc(-c4cnc(N)nc4)cc3)CCC2)cn1. The van der Waals surface area contributed by atoms with Crippen molar-refractivity contribution in [2.24, 2.45) is 4.99 Å². The number of nitrogens with two attached hydrogens (primary N) is 1. The Hall–Kier alpha value is -4.08. The lowest BCUT2D eigenvalue weighted by Gasteiger charge is -2.41. The number of aromatic nitrogens is 4. The number of benzene rings is 1. The lowest BCUT2D eigenvalue weighted by atomic mass is 9.63. The molecule has 1 aliphatic rings. The highest BCUT2D eigenvalue weighted by molar-refractivity contribution is 6.04. The number of likely N-dealkylation sites (N-methyl/N-ethyl adjacent to an activating group) is 1. The predicted octanol–water partition coefficient (Wildman–Crippen LogP) is 1.97. The molecule has 0 saturated heterocycles. The van der Waals surface area contributed by atoms with Crippen molar-refractivity contribution in [3.05, 3.63) is 60.2 Å². The maximum Gasteiger partial charge on any atom is 0.369 e. The molecular formula is C24H29N8O2+. The molecule has 1 aromatic carbocycles. The van der Waals surface area contributed by atoms with E-state index in [1.54, 1.807) is 30.5 Å². The Kier molecular flexibility index (Phi) is 6.40. The van der Waals surface area contributed by atoms with E-state index in [4.69, 9.17) is 16.2 Å². The predicted molar refractivity (Wildman–Crippen MR) is 131 cm³/mol. The van der Waals surface area contributed by atoms with Gasteiger partial charge in [-0.2, -0.15) is 5.10 Å². The second-order valence-corrected chi connectivity index (χ2v) is 8.49. The number of hydrogen-bond acceptors (Lipinski definition) is 6. The summed E-state index contributed by atoms with van der Waals surface area (Å²) < 4.78 is 1.50. The van der Waals surface area contributed by atoms with E-state index in [1.165, 1.54) is 10.9 Å². The molecule has 5 N–H and O–H groups in total. The molecule has 0 spiro atoms. The second kappa shape index (κ2) is 9.42. The van der Waals surface area contributed by atoms with Crippen LogP contribution in [0.5, 0.6) is 0 Å². The molecule has 1 saturated carbocycles. The molecule has 2 heterocycles. The van der Waals surface area contributed by atoms with Crippen LogP contribution in [0.15, 0.2) is 54.0 Å². The van der Waals surface area contributed by atoms with Gasteiger partial charge in [0.05, 0.1) is 11.6 Å². The third kappa shape index (κ3) is 4.52. The summed E-state index contributed by atoms with van der Waals surface area (Å²) in [7, 11) is 1.74. The molecule has 2 aromatic heterocycles. The first-order valence-corrected chi connectivity index (χ1v) is 11.2.